The highest BCUT2D eigenvalue weighted by molar-refractivity contribution is 7.97. The molecule has 0 aliphatic rings. The van der Waals surface area contributed by atoms with Gasteiger partial charge < -0.3 is 10.1 Å². The number of hydrogen-bond acceptors (Lipinski definition) is 6. The number of benzene rings is 1. The minimum absolute atomic E-state index is 0.652. The summed E-state index contributed by atoms with van der Waals surface area (Å²) < 4.78 is 9.29. The molecular formula is C13H17N3OS2. The molecule has 4 nitrogen and oxygen atoms in total. The van der Waals surface area contributed by atoms with E-state index in [-0.39, 0.29) is 0 Å². The number of nitrogens with one attached hydrogen (secondary N) is 1. The Morgan fingerprint density at radius 1 is 1.32 bits per heavy atom. The van der Waals surface area contributed by atoms with Crippen LogP contribution in [0.15, 0.2) is 24.3 Å². The van der Waals surface area contributed by atoms with Gasteiger partial charge in [-0.3, -0.25) is 0 Å². The van der Waals surface area contributed by atoms with Crippen molar-refractivity contribution in [3.05, 3.63) is 35.7 Å². The lowest BCUT2D eigenvalue weighted by molar-refractivity contribution is 0.201. The first kappa shape index (κ1) is 14.3. The average Bonchev–Trinajstić information content (AvgIpc) is 2.87. The molecule has 0 fully saturated rings. The lowest BCUT2D eigenvalue weighted by Gasteiger charge is -2.03. The van der Waals surface area contributed by atoms with Crippen LogP contribution in [0.3, 0.4) is 0 Å². The van der Waals surface area contributed by atoms with Crippen molar-refractivity contribution in [2.45, 2.75) is 12.2 Å². The number of anilines is 2. The Labute approximate surface area is 121 Å². The first-order valence-corrected chi connectivity index (χ1v) is 8.15. The second-order valence-electron chi connectivity index (χ2n) is 4.01. The van der Waals surface area contributed by atoms with E-state index in [9.17, 15) is 0 Å². The molecule has 1 aromatic carbocycles. The van der Waals surface area contributed by atoms with Crippen molar-refractivity contribution < 1.29 is 4.74 Å². The zero-order valence-electron chi connectivity index (χ0n) is 11.0. The van der Waals surface area contributed by atoms with Gasteiger partial charge in [-0.1, -0.05) is 12.1 Å². The normalized spacial score (nSPS) is 10.6. The number of aromatic nitrogens is 2. The molecule has 6 heteroatoms. The Morgan fingerprint density at radius 3 is 2.79 bits per heavy atom. The molecule has 0 aliphatic heterocycles. The number of rotatable bonds is 7. The molecule has 2 aromatic rings. The van der Waals surface area contributed by atoms with Gasteiger partial charge in [-0.25, -0.2) is 4.98 Å². The smallest absolute Gasteiger partial charge is 0.207 e. The molecule has 1 heterocycles. The lowest BCUT2D eigenvalue weighted by Crippen LogP contribution is -1.96. The highest BCUT2D eigenvalue weighted by atomic mass is 32.2. The molecular weight excluding hydrogens is 278 g/mol. The third-order valence-electron chi connectivity index (χ3n) is 2.51. The van der Waals surface area contributed by atoms with Crippen molar-refractivity contribution in [2.75, 3.05) is 25.3 Å². The fourth-order valence-electron chi connectivity index (χ4n) is 1.57. The summed E-state index contributed by atoms with van der Waals surface area (Å²) in [5.41, 5.74) is 2.37. The minimum Gasteiger partial charge on any atom is -0.384 e. The van der Waals surface area contributed by atoms with Gasteiger partial charge in [-0.2, -0.15) is 16.1 Å². The third kappa shape index (κ3) is 4.49. The van der Waals surface area contributed by atoms with E-state index in [4.69, 9.17) is 4.74 Å². The van der Waals surface area contributed by atoms with Gasteiger partial charge in [0.15, 0.2) is 0 Å². The highest BCUT2D eigenvalue weighted by Crippen LogP contribution is 2.20. The molecule has 0 unspecified atom stereocenters. The zero-order valence-corrected chi connectivity index (χ0v) is 12.7. The maximum absolute atomic E-state index is 5.01. The van der Waals surface area contributed by atoms with Gasteiger partial charge in [0.05, 0.1) is 6.61 Å². The maximum Gasteiger partial charge on any atom is 0.207 e. The average molecular weight is 295 g/mol. The summed E-state index contributed by atoms with van der Waals surface area (Å²) in [5.74, 6) is 1.87. The Balaban J connectivity index is 1.94. The summed E-state index contributed by atoms with van der Waals surface area (Å²) in [6, 6.07) is 8.40. The van der Waals surface area contributed by atoms with Crippen LogP contribution < -0.4 is 5.32 Å². The van der Waals surface area contributed by atoms with Crippen LogP contribution in [0.4, 0.5) is 10.8 Å². The van der Waals surface area contributed by atoms with Gasteiger partial charge in [0.1, 0.15) is 5.82 Å². The summed E-state index contributed by atoms with van der Waals surface area (Å²) in [4.78, 5) is 4.41. The van der Waals surface area contributed by atoms with E-state index in [0.717, 1.165) is 28.8 Å². The Bertz CT molecular complexity index is 499. The summed E-state index contributed by atoms with van der Waals surface area (Å²) in [7, 11) is 1.68. The quantitative estimate of drug-likeness (QED) is 0.849. The van der Waals surface area contributed by atoms with E-state index in [0.29, 0.717) is 6.61 Å². The highest BCUT2D eigenvalue weighted by Gasteiger charge is 2.04. The van der Waals surface area contributed by atoms with Gasteiger partial charge in [0, 0.05) is 36.5 Å². The Morgan fingerprint density at radius 2 is 2.11 bits per heavy atom. The summed E-state index contributed by atoms with van der Waals surface area (Å²) in [6.45, 7) is 0.652. The largest absolute Gasteiger partial charge is 0.384 e. The SMILES string of the molecule is COCCc1nsc(Nc2ccc(CSC)cc2)n1. The molecule has 0 bridgehead atoms. The van der Waals surface area contributed by atoms with Crippen molar-refractivity contribution in [1.29, 1.82) is 0 Å². The number of nitrogens with zero attached hydrogens (tertiary/aromatic N) is 2. The standard InChI is InChI=1S/C13H17N3OS2/c1-17-8-7-12-15-13(19-16-12)14-11-5-3-10(4-6-11)9-18-2/h3-6H,7-9H2,1-2H3,(H,14,15,16). The molecule has 0 spiro atoms. The number of thioether (sulfide) groups is 1. The van der Waals surface area contributed by atoms with Crippen LogP contribution in [0.5, 0.6) is 0 Å². The molecule has 2 rings (SSSR count). The predicted molar refractivity (Wildman–Crippen MR) is 82.4 cm³/mol. The molecule has 102 valence electrons. The topological polar surface area (TPSA) is 47.0 Å². The van der Waals surface area contributed by atoms with Crippen LogP contribution in [0.2, 0.25) is 0 Å². The van der Waals surface area contributed by atoms with Crippen LogP contribution in [0, 0.1) is 0 Å². The fraction of sp³-hybridized carbons (Fsp3) is 0.385. The van der Waals surface area contributed by atoms with Crippen molar-refractivity contribution >= 4 is 34.1 Å². The molecule has 0 atom stereocenters. The van der Waals surface area contributed by atoms with Crippen molar-refractivity contribution in [2.24, 2.45) is 0 Å². The summed E-state index contributed by atoms with van der Waals surface area (Å²) in [6.07, 6.45) is 2.86. The monoisotopic (exact) mass is 295 g/mol. The third-order valence-corrected chi connectivity index (χ3v) is 3.80. The van der Waals surface area contributed by atoms with E-state index in [1.807, 2.05) is 11.8 Å². The molecule has 1 aromatic heterocycles. The fourth-order valence-corrected chi connectivity index (χ4v) is 2.73. The van der Waals surface area contributed by atoms with Crippen LogP contribution >= 0.6 is 23.3 Å². The molecule has 19 heavy (non-hydrogen) atoms. The Hall–Kier alpha value is -1.11. The summed E-state index contributed by atoms with van der Waals surface area (Å²) in [5, 5.41) is 4.09. The molecule has 0 radical (unpaired) electrons. The van der Waals surface area contributed by atoms with Crippen molar-refractivity contribution in [3.63, 3.8) is 0 Å². The number of methoxy groups -OCH3 is 1. The minimum atomic E-state index is 0.652. The van der Waals surface area contributed by atoms with E-state index < -0.39 is 0 Å². The van der Waals surface area contributed by atoms with Gasteiger partial charge in [0.2, 0.25) is 5.13 Å². The second kappa shape index (κ2) is 7.47. The van der Waals surface area contributed by atoms with Crippen molar-refractivity contribution in [1.82, 2.24) is 9.36 Å². The first-order valence-electron chi connectivity index (χ1n) is 5.98. The van der Waals surface area contributed by atoms with E-state index in [2.05, 4.69) is 45.2 Å². The van der Waals surface area contributed by atoms with E-state index in [1.165, 1.54) is 17.1 Å². The molecule has 1 N–H and O–H groups in total. The van der Waals surface area contributed by atoms with Crippen LogP contribution in [0.1, 0.15) is 11.4 Å². The molecule has 0 saturated heterocycles. The van der Waals surface area contributed by atoms with Gasteiger partial charge in [0.25, 0.3) is 0 Å². The van der Waals surface area contributed by atoms with Gasteiger partial charge >= 0.3 is 0 Å². The maximum atomic E-state index is 5.01. The predicted octanol–water partition coefficient (Wildman–Crippen LogP) is 3.33. The van der Waals surface area contributed by atoms with Crippen LogP contribution in [0.25, 0.3) is 0 Å². The van der Waals surface area contributed by atoms with Gasteiger partial charge in [-0.05, 0) is 24.0 Å². The molecule has 0 aliphatic carbocycles. The zero-order chi connectivity index (χ0) is 13.5. The molecule has 0 saturated carbocycles. The Kier molecular flexibility index (Phi) is 5.62. The molecule has 0 amide bonds. The van der Waals surface area contributed by atoms with E-state index in [1.54, 1.807) is 7.11 Å². The number of ether oxygens (including phenoxy) is 1. The van der Waals surface area contributed by atoms with Crippen molar-refractivity contribution in [3.8, 4) is 0 Å². The number of hydrogen-bond donors (Lipinski definition) is 1. The van der Waals surface area contributed by atoms with Crippen LogP contribution in [-0.2, 0) is 16.9 Å². The first-order chi connectivity index (χ1) is 9.31. The second-order valence-corrected chi connectivity index (χ2v) is 5.63. The van der Waals surface area contributed by atoms with E-state index >= 15 is 0 Å². The lowest BCUT2D eigenvalue weighted by atomic mass is 10.2. The van der Waals surface area contributed by atoms with Gasteiger partial charge in [-0.15, -0.1) is 0 Å². The van der Waals surface area contributed by atoms with Crippen LogP contribution in [-0.4, -0.2) is 29.3 Å². The summed E-state index contributed by atoms with van der Waals surface area (Å²) >= 11 is 3.20.